The topological polar surface area (TPSA) is 75.6 Å². The van der Waals surface area contributed by atoms with Gasteiger partial charge in [-0.3, -0.25) is 0 Å². The molecule has 2 saturated heterocycles. The Labute approximate surface area is 153 Å². The summed E-state index contributed by atoms with van der Waals surface area (Å²) < 4.78 is 23.3. The van der Waals surface area contributed by atoms with Gasteiger partial charge in [-0.25, -0.2) is 0 Å². The van der Waals surface area contributed by atoms with Gasteiger partial charge in [-0.1, -0.05) is 35.5 Å². The van der Waals surface area contributed by atoms with Crippen molar-refractivity contribution in [3.63, 3.8) is 0 Å². The van der Waals surface area contributed by atoms with Gasteiger partial charge in [0.05, 0.1) is 6.21 Å². The van der Waals surface area contributed by atoms with Crippen molar-refractivity contribution in [1.29, 1.82) is 0 Å². The third-order valence-corrected chi connectivity index (χ3v) is 4.14. The molecule has 142 valence electrons. The van der Waals surface area contributed by atoms with Crippen molar-refractivity contribution in [3.05, 3.63) is 35.9 Å². The van der Waals surface area contributed by atoms with E-state index in [4.69, 9.17) is 23.8 Å². The Morgan fingerprint density at radius 1 is 0.962 bits per heavy atom. The molecule has 1 aromatic rings. The lowest BCUT2D eigenvalue weighted by Gasteiger charge is -2.23. The molecule has 4 atom stereocenters. The quantitative estimate of drug-likeness (QED) is 0.439. The highest BCUT2D eigenvalue weighted by Gasteiger charge is 2.53. The van der Waals surface area contributed by atoms with Crippen LogP contribution in [0.2, 0.25) is 0 Å². The molecule has 3 rings (SSSR count). The van der Waals surface area contributed by atoms with Crippen LogP contribution in [0.3, 0.4) is 0 Å². The molecular formula is C19H25NO6. The van der Waals surface area contributed by atoms with Crippen LogP contribution >= 0.6 is 0 Å². The van der Waals surface area contributed by atoms with Crippen molar-refractivity contribution in [2.75, 3.05) is 0 Å². The van der Waals surface area contributed by atoms with E-state index in [1.807, 2.05) is 30.3 Å². The summed E-state index contributed by atoms with van der Waals surface area (Å²) in [4.78, 5) is 16.7. The summed E-state index contributed by atoms with van der Waals surface area (Å²) in [5, 5.41) is 4.01. The van der Waals surface area contributed by atoms with Crippen LogP contribution in [0, 0.1) is 0 Å². The Morgan fingerprint density at radius 3 is 2.15 bits per heavy atom. The predicted octanol–water partition coefficient (Wildman–Crippen LogP) is 2.43. The second-order valence-electron chi connectivity index (χ2n) is 7.28. The van der Waals surface area contributed by atoms with Crippen molar-refractivity contribution in [3.8, 4) is 0 Å². The molecule has 1 aromatic carbocycles. The number of benzene rings is 1. The number of hydrogen-bond acceptors (Lipinski definition) is 7. The fraction of sp³-hybridized carbons (Fsp3) is 0.579. The summed E-state index contributed by atoms with van der Waals surface area (Å²) in [6, 6.07) is 9.73. The minimum atomic E-state index is -0.863. The van der Waals surface area contributed by atoms with Gasteiger partial charge in [-0.15, -0.1) is 0 Å². The molecule has 7 nitrogen and oxygen atoms in total. The molecule has 0 saturated carbocycles. The van der Waals surface area contributed by atoms with E-state index in [0.29, 0.717) is 6.61 Å². The highest BCUT2D eigenvalue weighted by atomic mass is 16.8. The molecule has 0 bridgehead atoms. The average molecular weight is 363 g/mol. The summed E-state index contributed by atoms with van der Waals surface area (Å²) in [7, 11) is 0. The lowest BCUT2D eigenvalue weighted by Crippen LogP contribution is -2.43. The maximum absolute atomic E-state index is 11.4. The number of carbonyl (C=O) groups is 1. The van der Waals surface area contributed by atoms with Crippen molar-refractivity contribution < 1.29 is 28.6 Å². The summed E-state index contributed by atoms with van der Waals surface area (Å²) in [6.07, 6.45) is -0.104. The molecule has 0 unspecified atom stereocenters. The standard InChI is InChI=1S/C19H25NO6/c1-18(2)23-14(10-20-22-12-13-8-6-5-7-9-13)16(25-18)17-15(11-21)24-19(3,4)26-17/h5-11,14-17H,12H2,1-4H3/b20-10+/t14-,15+,16+,17+/m0/s1. The molecule has 2 fully saturated rings. The second kappa shape index (κ2) is 7.44. The van der Waals surface area contributed by atoms with Crippen LogP contribution in [0.1, 0.15) is 33.3 Å². The predicted molar refractivity (Wildman–Crippen MR) is 93.4 cm³/mol. The molecule has 0 amide bonds. The van der Waals surface area contributed by atoms with Crippen LogP contribution in [0.15, 0.2) is 35.5 Å². The van der Waals surface area contributed by atoms with Gasteiger partial charge in [0.1, 0.15) is 31.0 Å². The first-order valence-electron chi connectivity index (χ1n) is 8.66. The van der Waals surface area contributed by atoms with Crippen LogP contribution < -0.4 is 0 Å². The first kappa shape index (κ1) is 19.0. The largest absolute Gasteiger partial charge is 0.391 e. The molecule has 2 heterocycles. The summed E-state index contributed by atoms with van der Waals surface area (Å²) in [5.41, 5.74) is 1.01. The highest BCUT2D eigenvalue weighted by Crippen LogP contribution is 2.37. The molecule has 0 N–H and O–H groups in total. The molecule has 2 aliphatic rings. The average Bonchev–Trinajstić information content (AvgIpc) is 3.07. The zero-order valence-electron chi connectivity index (χ0n) is 15.5. The molecule has 0 aromatic heterocycles. The lowest BCUT2D eigenvalue weighted by molar-refractivity contribution is -0.175. The number of ether oxygens (including phenoxy) is 4. The van der Waals surface area contributed by atoms with E-state index in [0.717, 1.165) is 11.8 Å². The molecule has 0 spiro atoms. The zero-order valence-corrected chi connectivity index (χ0v) is 15.5. The van der Waals surface area contributed by atoms with Crippen LogP contribution in [0.5, 0.6) is 0 Å². The van der Waals surface area contributed by atoms with E-state index < -0.39 is 36.0 Å². The van der Waals surface area contributed by atoms with E-state index in [1.54, 1.807) is 33.9 Å². The smallest absolute Gasteiger partial charge is 0.164 e. The summed E-state index contributed by atoms with van der Waals surface area (Å²) in [5.74, 6) is -1.69. The van der Waals surface area contributed by atoms with Gasteiger partial charge in [0.25, 0.3) is 0 Å². The normalized spacial score (nSPS) is 32.8. The fourth-order valence-electron chi connectivity index (χ4n) is 3.15. The van der Waals surface area contributed by atoms with E-state index in [2.05, 4.69) is 5.16 Å². The van der Waals surface area contributed by atoms with Crippen LogP contribution in [0.4, 0.5) is 0 Å². The van der Waals surface area contributed by atoms with E-state index in [9.17, 15) is 4.79 Å². The van der Waals surface area contributed by atoms with Gasteiger partial charge in [0.15, 0.2) is 17.9 Å². The lowest BCUT2D eigenvalue weighted by atomic mass is 10.0. The summed E-state index contributed by atoms with van der Waals surface area (Å²) in [6.45, 7) is 7.48. The Morgan fingerprint density at radius 2 is 1.54 bits per heavy atom. The number of aldehydes is 1. The number of oxime groups is 1. The molecule has 0 aliphatic carbocycles. The van der Waals surface area contributed by atoms with E-state index >= 15 is 0 Å². The van der Waals surface area contributed by atoms with Gasteiger partial charge in [0.2, 0.25) is 0 Å². The SMILES string of the molecule is CC1(C)O[C@@H]([C@@H]2OC(C)(C)O[C@@H]2C=O)[C@H](/C=N/OCc2ccccc2)O1. The van der Waals surface area contributed by atoms with Crippen LogP contribution in [-0.2, 0) is 35.2 Å². The Hall–Kier alpha value is -1.80. The molecule has 7 heteroatoms. The molecule has 2 aliphatic heterocycles. The van der Waals surface area contributed by atoms with Gasteiger partial charge < -0.3 is 28.6 Å². The van der Waals surface area contributed by atoms with E-state index in [-0.39, 0.29) is 0 Å². The number of rotatable bonds is 6. The van der Waals surface area contributed by atoms with Crippen molar-refractivity contribution in [2.45, 2.75) is 70.3 Å². The fourth-order valence-corrected chi connectivity index (χ4v) is 3.15. The molecular weight excluding hydrogens is 338 g/mol. The van der Waals surface area contributed by atoms with Crippen molar-refractivity contribution in [1.82, 2.24) is 0 Å². The molecule has 26 heavy (non-hydrogen) atoms. The maximum Gasteiger partial charge on any atom is 0.164 e. The van der Waals surface area contributed by atoms with Crippen molar-refractivity contribution >= 4 is 12.5 Å². The molecule has 0 radical (unpaired) electrons. The monoisotopic (exact) mass is 363 g/mol. The van der Waals surface area contributed by atoms with Crippen molar-refractivity contribution in [2.24, 2.45) is 5.16 Å². The zero-order chi connectivity index (χ0) is 18.8. The van der Waals surface area contributed by atoms with E-state index in [1.165, 1.54) is 0 Å². The Kier molecular flexibility index (Phi) is 5.43. The van der Waals surface area contributed by atoms with Crippen LogP contribution in [-0.4, -0.2) is 48.5 Å². The van der Waals surface area contributed by atoms with Gasteiger partial charge in [0, 0.05) is 0 Å². The second-order valence-corrected chi connectivity index (χ2v) is 7.28. The minimum Gasteiger partial charge on any atom is -0.391 e. The number of nitrogens with zero attached hydrogens (tertiary/aromatic N) is 1. The van der Waals surface area contributed by atoms with Gasteiger partial charge in [-0.2, -0.15) is 0 Å². The highest BCUT2D eigenvalue weighted by molar-refractivity contribution is 5.65. The summed E-state index contributed by atoms with van der Waals surface area (Å²) >= 11 is 0. The number of hydrogen-bond donors (Lipinski definition) is 0. The van der Waals surface area contributed by atoms with Gasteiger partial charge in [-0.05, 0) is 33.3 Å². The third kappa shape index (κ3) is 4.48. The Bertz CT molecular complexity index is 645. The minimum absolute atomic E-state index is 0.353. The third-order valence-electron chi connectivity index (χ3n) is 4.14. The Balaban J connectivity index is 1.66. The first-order valence-corrected chi connectivity index (χ1v) is 8.66. The first-order chi connectivity index (χ1) is 12.3. The maximum atomic E-state index is 11.4. The van der Waals surface area contributed by atoms with Crippen LogP contribution in [0.25, 0.3) is 0 Å². The number of carbonyl (C=O) groups excluding carboxylic acids is 1. The van der Waals surface area contributed by atoms with Gasteiger partial charge >= 0.3 is 0 Å².